The molecule has 0 saturated heterocycles. The summed E-state index contributed by atoms with van der Waals surface area (Å²) in [5, 5.41) is 9.62. The minimum atomic E-state index is -1.05. The fourth-order valence-corrected chi connectivity index (χ4v) is 10.4. The van der Waals surface area contributed by atoms with Gasteiger partial charge in [0.25, 0.3) is 0 Å². The molecule has 4 heteroatoms. The van der Waals surface area contributed by atoms with E-state index in [1.54, 1.807) is 0 Å². The van der Waals surface area contributed by atoms with Gasteiger partial charge >= 0.3 is 0 Å². The van der Waals surface area contributed by atoms with Crippen LogP contribution in [0.5, 0.6) is 0 Å². The maximum Gasteiger partial charge on any atom is 0.159 e. The van der Waals surface area contributed by atoms with Gasteiger partial charge in [-0.05, 0) is 75.1 Å². The third kappa shape index (κ3) is 4.24. The minimum Gasteiger partial charge on any atom is -0.456 e. The van der Waals surface area contributed by atoms with Crippen LogP contribution in [0.1, 0.15) is 0 Å². The van der Waals surface area contributed by atoms with E-state index in [0.717, 1.165) is 50.2 Å². The second kappa shape index (κ2) is 10.8. The van der Waals surface area contributed by atoms with Crippen molar-refractivity contribution in [3.63, 3.8) is 0 Å². The first-order valence-corrected chi connectivity index (χ1v) is 19.4. The lowest BCUT2D eigenvalue weighted by atomic mass is 10.0. The molecule has 3 heterocycles. The summed E-state index contributed by atoms with van der Waals surface area (Å²) in [5.41, 5.74) is 9.30. The van der Waals surface area contributed by atoms with Crippen LogP contribution < -0.4 is 4.90 Å². The number of para-hydroxylation sites is 3. The summed E-state index contributed by atoms with van der Waals surface area (Å²) in [4.78, 5) is 5.17. The number of aryl methyl sites for hydroxylation is 1. The van der Waals surface area contributed by atoms with E-state index in [4.69, 9.17) is 8.83 Å². The molecule has 51 heavy (non-hydrogen) atoms. The standard InChI is InChI=1S/C47H30NO2Si/c1-51-43-26-25-38-36-12-5-7-16-42(36)50-47(38)45(43)39-24-23-34(28-44(39)51)48(40-14-8-13-37-35-11-4-6-15-41(35)49-46(37)40)33-21-19-30(20-22-33)32-18-17-29-9-2-3-10-31(29)27-32/h2-28H,1H3/q-1. The van der Waals surface area contributed by atoms with Crippen LogP contribution in [0.3, 0.4) is 0 Å². The molecular weight excluding hydrogens is 639 g/mol. The highest BCUT2D eigenvalue weighted by Crippen LogP contribution is 2.45. The van der Waals surface area contributed by atoms with Crippen molar-refractivity contribution < 1.29 is 8.83 Å². The molecule has 0 aliphatic rings. The first-order chi connectivity index (χ1) is 25.2. The van der Waals surface area contributed by atoms with Gasteiger partial charge in [0.05, 0.1) is 5.69 Å². The molecule has 8 aromatic carbocycles. The average molecular weight is 669 g/mol. The number of anilines is 3. The molecule has 11 aromatic rings. The molecule has 0 fully saturated rings. The number of fused-ring (bicyclic) bond motifs is 11. The van der Waals surface area contributed by atoms with E-state index in [-0.39, 0.29) is 0 Å². The van der Waals surface area contributed by atoms with Crippen LogP contribution in [-0.4, -0.2) is 8.40 Å². The van der Waals surface area contributed by atoms with Crippen molar-refractivity contribution in [3.05, 3.63) is 164 Å². The van der Waals surface area contributed by atoms with Crippen molar-refractivity contribution in [3.8, 4) is 11.1 Å². The summed E-state index contributed by atoms with van der Waals surface area (Å²) >= 11 is 0. The quantitative estimate of drug-likeness (QED) is 0.175. The molecular formula is C47H30NO2Si-. The lowest BCUT2D eigenvalue weighted by molar-refractivity contribution is 0.669. The Labute approximate surface area is 295 Å². The number of nitrogens with zero attached hydrogens (tertiary/aromatic N) is 1. The highest BCUT2D eigenvalue weighted by Gasteiger charge is 2.20. The monoisotopic (exact) mass is 668 g/mol. The van der Waals surface area contributed by atoms with Crippen LogP contribution >= 0.6 is 0 Å². The molecule has 3 aromatic heterocycles. The topological polar surface area (TPSA) is 29.5 Å². The number of furan rings is 2. The summed E-state index contributed by atoms with van der Waals surface area (Å²) in [7, 11) is -1.05. The van der Waals surface area contributed by atoms with Crippen LogP contribution in [0, 0.1) is 0 Å². The molecule has 0 atom stereocenters. The second-order valence-electron chi connectivity index (χ2n) is 13.5. The van der Waals surface area contributed by atoms with Gasteiger partial charge in [-0.2, -0.15) is 16.5 Å². The molecule has 240 valence electrons. The number of hydrogen-bond acceptors (Lipinski definition) is 3. The van der Waals surface area contributed by atoms with E-state index >= 15 is 0 Å². The number of rotatable bonds is 4. The van der Waals surface area contributed by atoms with Gasteiger partial charge in [0.2, 0.25) is 0 Å². The van der Waals surface area contributed by atoms with Crippen molar-refractivity contribution in [1.82, 2.24) is 0 Å². The molecule has 0 unspecified atom stereocenters. The first kappa shape index (κ1) is 28.5. The van der Waals surface area contributed by atoms with Gasteiger partial charge in [0.1, 0.15) is 16.7 Å². The molecule has 0 aliphatic heterocycles. The first-order valence-electron chi connectivity index (χ1n) is 17.4. The Kier molecular flexibility index (Phi) is 6.04. The van der Waals surface area contributed by atoms with Crippen LogP contribution in [0.2, 0.25) is 0 Å². The van der Waals surface area contributed by atoms with E-state index < -0.39 is 8.40 Å². The minimum absolute atomic E-state index is 0.882. The van der Waals surface area contributed by atoms with E-state index in [0.29, 0.717) is 0 Å². The van der Waals surface area contributed by atoms with Gasteiger partial charge < -0.3 is 13.7 Å². The Morgan fingerprint density at radius 3 is 1.86 bits per heavy atom. The number of hydrogen-bond donors (Lipinski definition) is 0. The Morgan fingerprint density at radius 2 is 1.06 bits per heavy atom. The zero-order valence-electron chi connectivity index (χ0n) is 27.9. The summed E-state index contributed by atoms with van der Waals surface area (Å²) < 4.78 is 13.2. The Hall–Kier alpha value is -6.36. The maximum atomic E-state index is 6.64. The fraction of sp³-hybridized carbons (Fsp3) is 0.0213. The third-order valence-electron chi connectivity index (χ3n) is 10.7. The van der Waals surface area contributed by atoms with E-state index in [1.165, 1.54) is 53.4 Å². The largest absolute Gasteiger partial charge is 0.456 e. The van der Waals surface area contributed by atoms with Crippen molar-refractivity contribution in [2.75, 3.05) is 4.90 Å². The molecule has 0 N–H and O–H groups in total. The molecule has 3 nitrogen and oxygen atoms in total. The Balaban J connectivity index is 1.12. The Morgan fingerprint density at radius 1 is 0.431 bits per heavy atom. The zero-order valence-corrected chi connectivity index (χ0v) is 28.9. The normalized spacial score (nSPS) is 12.0. The van der Waals surface area contributed by atoms with Gasteiger partial charge in [-0.15, -0.1) is 0 Å². The predicted molar refractivity (Wildman–Crippen MR) is 216 cm³/mol. The lowest BCUT2D eigenvalue weighted by Gasteiger charge is -2.26. The van der Waals surface area contributed by atoms with Crippen molar-refractivity contribution in [1.29, 1.82) is 0 Å². The van der Waals surface area contributed by atoms with Gasteiger partial charge in [-0.1, -0.05) is 121 Å². The summed E-state index contributed by atoms with van der Waals surface area (Å²) in [5.74, 6) is 0. The van der Waals surface area contributed by atoms with Gasteiger partial charge in [0, 0.05) is 32.9 Å². The molecule has 0 bridgehead atoms. The summed E-state index contributed by atoms with van der Waals surface area (Å²) in [6.45, 7) is 2.41. The van der Waals surface area contributed by atoms with E-state index in [1.807, 2.05) is 12.1 Å². The van der Waals surface area contributed by atoms with Crippen LogP contribution in [-0.2, 0) is 6.55 Å². The second-order valence-corrected chi connectivity index (χ2v) is 15.8. The van der Waals surface area contributed by atoms with Gasteiger partial charge in [0.15, 0.2) is 5.58 Å². The highest BCUT2D eigenvalue weighted by molar-refractivity contribution is 6.77. The summed E-state index contributed by atoms with van der Waals surface area (Å²) in [6, 6.07) is 58.9. The number of benzene rings is 8. The van der Waals surface area contributed by atoms with Crippen LogP contribution in [0.25, 0.3) is 86.5 Å². The van der Waals surface area contributed by atoms with E-state index in [2.05, 4.69) is 163 Å². The molecule has 0 radical (unpaired) electrons. The smallest absolute Gasteiger partial charge is 0.159 e. The van der Waals surface area contributed by atoms with E-state index in [9.17, 15) is 0 Å². The predicted octanol–water partition coefficient (Wildman–Crippen LogP) is 13.4. The molecule has 11 rings (SSSR count). The van der Waals surface area contributed by atoms with Gasteiger partial charge in [-0.25, -0.2) is 0 Å². The average Bonchev–Trinajstić information content (AvgIpc) is 3.85. The van der Waals surface area contributed by atoms with Crippen LogP contribution in [0.15, 0.2) is 173 Å². The Bertz CT molecular complexity index is 3160. The zero-order chi connectivity index (χ0) is 33.6. The van der Waals surface area contributed by atoms with Crippen molar-refractivity contribution in [2.24, 2.45) is 6.55 Å². The maximum absolute atomic E-state index is 6.64. The van der Waals surface area contributed by atoms with Crippen molar-refractivity contribution in [2.45, 2.75) is 0 Å². The highest BCUT2D eigenvalue weighted by atomic mass is 28.2. The molecule has 0 saturated carbocycles. The van der Waals surface area contributed by atoms with Crippen molar-refractivity contribution >= 4 is 101 Å². The fourth-order valence-electron chi connectivity index (χ4n) is 8.22. The lowest BCUT2D eigenvalue weighted by Crippen LogP contribution is -2.10. The summed E-state index contributed by atoms with van der Waals surface area (Å²) in [6.07, 6.45) is 0. The molecule has 0 amide bonds. The molecule has 0 spiro atoms. The van der Waals surface area contributed by atoms with Crippen LogP contribution in [0.4, 0.5) is 17.1 Å². The van der Waals surface area contributed by atoms with Gasteiger partial charge in [-0.3, -0.25) is 8.40 Å². The SMILES string of the molecule is C[si-]1c2cc(N(c3ccc(-c4ccc5ccccc5c4)cc3)c3cccc4c3oc3ccccc34)ccc2c2c3oc4ccccc4c3ccc21. The molecule has 0 aliphatic carbocycles. The third-order valence-corrected chi connectivity index (χ3v) is 13.2.